The van der Waals surface area contributed by atoms with Crippen molar-refractivity contribution in [2.24, 2.45) is 12.8 Å². The van der Waals surface area contributed by atoms with Gasteiger partial charge in [-0.15, -0.1) is 10.2 Å². The molecule has 0 saturated heterocycles. The van der Waals surface area contributed by atoms with Gasteiger partial charge < -0.3 is 15.6 Å². The number of carbonyl (C=O) groups is 1. The number of hydrogen-bond acceptors (Lipinski definition) is 5. The van der Waals surface area contributed by atoms with E-state index >= 15 is 0 Å². The molecule has 0 aromatic carbocycles. The summed E-state index contributed by atoms with van der Waals surface area (Å²) in [7, 11) is 1.93. The molecule has 0 saturated carbocycles. The fourth-order valence-corrected chi connectivity index (χ4v) is 2.73. The number of carbonyl (C=O) groups excluding carboxylic acids is 1. The van der Waals surface area contributed by atoms with E-state index in [9.17, 15) is 4.79 Å². The Morgan fingerprint density at radius 1 is 1.55 bits per heavy atom. The van der Waals surface area contributed by atoms with Crippen molar-refractivity contribution in [1.82, 2.24) is 20.1 Å². The van der Waals surface area contributed by atoms with Gasteiger partial charge in [0, 0.05) is 12.8 Å². The topological polar surface area (TPSA) is 85.8 Å². The molecule has 0 aliphatic heterocycles. The minimum Gasteiger partial charge on any atom is -0.368 e. The van der Waals surface area contributed by atoms with Crippen LogP contribution in [0.5, 0.6) is 0 Å². The summed E-state index contributed by atoms with van der Waals surface area (Å²) in [5.74, 6) is 0.696. The minimum atomic E-state index is -0.592. The second-order valence-electron chi connectivity index (χ2n) is 5.15. The summed E-state index contributed by atoms with van der Waals surface area (Å²) >= 11 is 1.68. The Hall–Kier alpha value is -1.08. The number of unbranched alkanes of at least 4 members (excludes halogenated alkanes) is 1. The van der Waals surface area contributed by atoms with Gasteiger partial charge in [0.15, 0.2) is 5.16 Å². The van der Waals surface area contributed by atoms with Crippen molar-refractivity contribution in [3.63, 3.8) is 0 Å². The zero-order valence-electron chi connectivity index (χ0n) is 12.6. The largest absolute Gasteiger partial charge is 0.368 e. The number of thioether (sulfide) groups is 1. The van der Waals surface area contributed by atoms with Crippen LogP contribution in [0.4, 0.5) is 0 Å². The minimum absolute atomic E-state index is 0.271. The molecule has 0 aliphatic carbocycles. The fourth-order valence-electron chi connectivity index (χ4n) is 1.85. The first-order valence-electron chi connectivity index (χ1n) is 7.01. The highest BCUT2D eigenvalue weighted by molar-refractivity contribution is 7.99. The molecule has 1 heterocycles. The first-order valence-corrected chi connectivity index (χ1v) is 8.00. The number of rotatable bonds is 10. The van der Waals surface area contributed by atoms with Gasteiger partial charge in [0.2, 0.25) is 5.91 Å². The molecule has 0 aliphatic rings. The van der Waals surface area contributed by atoms with Crippen LogP contribution < -0.4 is 11.1 Å². The second-order valence-corrected chi connectivity index (χ2v) is 6.22. The molecule has 1 atom stereocenters. The summed E-state index contributed by atoms with van der Waals surface area (Å²) in [5.41, 5.74) is 4.90. The number of nitrogens with zero attached hydrogens (tertiary/aromatic N) is 3. The molecule has 1 aromatic heterocycles. The van der Waals surface area contributed by atoms with Gasteiger partial charge in [0.25, 0.3) is 0 Å². The van der Waals surface area contributed by atoms with Crippen molar-refractivity contribution in [3.05, 3.63) is 6.33 Å². The molecule has 1 amide bonds. The molecule has 7 heteroatoms. The molecule has 1 unspecified atom stereocenters. The number of hydrogen-bond donors (Lipinski definition) is 2. The summed E-state index contributed by atoms with van der Waals surface area (Å²) in [5, 5.41) is 12.0. The van der Waals surface area contributed by atoms with Gasteiger partial charge in [-0.1, -0.05) is 25.1 Å². The molecule has 1 aromatic rings. The van der Waals surface area contributed by atoms with Gasteiger partial charge in [-0.3, -0.25) is 4.79 Å². The molecule has 6 nitrogen and oxygen atoms in total. The maximum absolute atomic E-state index is 11.6. The first kappa shape index (κ1) is 17.0. The highest BCUT2D eigenvalue weighted by Gasteiger charge is 2.29. The van der Waals surface area contributed by atoms with E-state index < -0.39 is 5.54 Å². The van der Waals surface area contributed by atoms with Crippen molar-refractivity contribution in [3.8, 4) is 0 Å². The highest BCUT2D eigenvalue weighted by Crippen LogP contribution is 2.19. The quantitative estimate of drug-likeness (QED) is 0.503. The summed E-state index contributed by atoms with van der Waals surface area (Å²) < 4.78 is 1.90. The van der Waals surface area contributed by atoms with Crippen molar-refractivity contribution >= 4 is 17.7 Å². The summed E-state index contributed by atoms with van der Waals surface area (Å²) in [6, 6.07) is 0. The Kier molecular flexibility index (Phi) is 7.01. The van der Waals surface area contributed by atoms with Crippen molar-refractivity contribution < 1.29 is 4.79 Å². The van der Waals surface area contributed by atoms with E-state index in [4.69, 9.17) is 5.73 Å². The number of primary amides is 1. The van der Waals surface area contributed by atoms with Crippen LogP contribution in [0.1, 0.15) is 39.5 Å². The van der Waals surface area contributed by atoms with Crippen LogP contribution in [-0.2, 0) is 11.8 Å². The van der Waals surface area contributed by atoms with E-state index in [-0.39, 0.29) is 5.91 Å². The molecule has 0 radical (unpaired) electrons. The van der Waals surface area contributed by atoms with Gasteiger partial charge in [-0.05, 0) is 32.7 Å². The molecule has 3 N–H and O–H groups in total. The lowest BCUT2D eigenvalue weighted by atomic mass is 9.94. The molecule has 0 spiro atoms. The smallest absolute Gasteiger partial charge is 0.237 e. The zero-order chi connectivity index (χ0) is 15.0. The van der Waals surface area contributed by atoms with Crippen LogP contribution in [0.25, 0.3) is 0 Å². The number of amides is 1. The van der Waals surface area contributed by atoms with Crippen LogP contribution >= 0.6 is 11.8 Å². The molecule has 1 rings (SSSR count). The van der Waals surface area contributed by atoms with Gasteiger partial charge >= 0.3 is 0 Å². The van der Waals surface area contributed by atoms with Crippen molar-refractivity contribution in [2.75, 3.05) is 12.3 Å². The molecule has 0 fully saturated rings. The summed E-state index contributed by atoms with van der Waals surface area (Å²) in [6.07, 6.45) is 5.43. The van der Waals surface area contributed by atoms with Crippen LogP contribution in [0, 0.1) is 0 Å². The van der Waals surface area contributed by atoms with Crippen LogP contribution in [0.2, 0.25) is 0 Å². The number of aryl methyl sites for hydroxylation is 1. The van der Waals surface area contributed by atoms with E-state index in [1.54, 1.807) is 18.1 Å². The lowest BCUT2D eigenvalue weighted by Crippen LogP contribution is -2.53. The molecular weight excluding hydrogens is 274 g/mol. The molecule has 114 valence electrons. The third-order valence-electron chi connectivity index (χ3n) is 3.28. The van der Waals surface area contributed by atoms with E-state index in [1.165, 1.54) is 0 Å². The molecular formula is C13H25N5OS. The average molecular weight is 299 g/mol. The second kappa shape index (κ2) is 8.26. The maximum Gasteiger partial charge on any atom is 0.237 e. The van der Waals surface area contributed by atoms with Gasteiger partial charge in [-0.25, -0.2) is 0 Å². The zero-order valence-corrected chi connectivity index (χ0v) is 13.4. The van der Waals surface area contributed by atoms with Crippen molar-refractivity contribution in [2.45, 2.75) is 50.2 Å². The van der Waals surface area contributed by atoms with Gasteiger partial charge in [0.05, 0.1) is 5.54 Å². The Morgan fingerprint density at radius 3 is 2.85 bits per heavy atom. The van der Waals surface area contributed by atoms with Gasteiger partial charge in [0.1, 0.15) is 6.33 Å². The number of aromatic nitrogens is 3. The lowest BCUT2D eigenvalue weighted by Gasteiger charge is -2.27. The van der Waals surface area contributed by atoms with E-state index in [2.05, 4.69) is 22.4 Å². The summed E-state index contributed by atoms with van der Waals surface area (Å²) in [4.78, 5) is 11.6. The fraction of sp³-hybridized carbons (Fsp3) is 0.769. The molecule has 20 heavy (non-hydrogen) atoms. The predicted molar refractivity (Wildman–Crippen MR) is 81.5 cm³/mol. The maximum atomic E-state index is 11.6. The Bertz CT molecular complexity index is 423. The van der Waals surface area contributed by atoms with Crippen LogP contribution in [0.15, 0.2) is 11.5 Å². The standard InChI is InChI=1S/C13H25N5OS/c1-4-8-15-13(2,11(14)19)7-5-6-9-20-12-17-16-10-18(12)3/h10,15H,4-9H2,1-3H3,(H2,14,19). The van der Waals surface area contributed by atoms with E-state index in [1.807, 2.05) is 18.5 Å². The normalized spacial score (nSPS) is 14.2. The Labute approximate surface area is 124 Å². The SMILES string of the molecule is CCCNC(C)(CCCCSc1nncn1C)C(N)=O. The number of nitrogens with two attached hydrogens (primary N) is 1. The average Bonchev–Trinajstić information content (AvgIpc) is 2.81. The first-order chi connectivity index (χ1) is 9.49. The predicted octanol–water partition coefficient (Wildman–Crippen LogP) is 1.32. The lowest BCUT2D eigenvalue weighted by molar-refractivity contribution is -0.124. The van der Waals surface area contributed by atoms with E-state index in [0.29, 0.717) is 0 Å². The third kappa shape index (κ3) is 5.13. The monoisotopic (exact) mass is 299 g/mol. The Morgan fingerprint density at radius 2 is 2.30 bits per heavy atom. The van der Waals surface area contributed by atoms with Crippen LogP contribution in [0.3, 0.4) is 0 Å². The van der Waals surface area contributed by atoms with Crippen LogP contribution in [-0.4, -0.2) is 38.5 Å². The van der Waals surface area contributed by atoms with Crippen molar-refractivity contribution in [1.29, 1.82) is 0 Å². The molecule has 0 bridgehead atoms. The Balaban J connectivity index is 2.27. The number of nitrogens with one attached hydrogen (secondary N) is 1. The van der Waals surface area contributed by atoms with Gasteiger partial charge in [-0.2, -0.15) is 0 Å². The summed E-state index contributed by atoms with van der Waals surface area (Å²) in [6.45, 7) is 4.78. The third-order valence-corrected chi connectivity index (χ3v) is 4.40. The van der Waals surface area contributed by atoms with E-state index in [0.717, 1.165) is 43.1 Å². The highest BCUT2D eigenvalue weighted by atomic mass is 32.2.